The summed E-state index contributed by atoms with van der Waals surface area (Å²) in [5, 5.41) is 16.8. The van der Waals surface area contributed by atoms with Gasteiger partial charge in [-0.3, -0.25) is 5.43 Å². The molecular weight excluding hydrogens is 176 g/mol. The quantitative estimate of drug-likeness (QED) is 0.350. The van der Waals surface area contributed by atoms with E-state index in [2.05, 4.69) is 25.5 Å². The van der Waals surface area contributed by atoms with E-state index in [1.807, 2.05) is 0 Å². The largest absolute Gasteiger partial charge is 0.513 e. The number of nitrogens with one attached hydrogen (secondary N) is 1. The first-order valence-corrected chi connectivity index (χ1v) is 3.28. The van der Waals surface area contributed by atoms with Gasteiger partial charge in [0.1, 0.15) is 0 Å². The molecule has 8 heteroatoms. The molecule has 0 amide bonds. The highest BCUT2D eigenvalue weighted by atomic mass is 16.5. The minimum atomic E-state index is -0.792. The van der Waals surface area contributed by atoms with Gasteiger partial charge in [0.2, 0.25) is 5.39 Å². The molecular formula is C5H7N6O2+. The Hall–Kier alpha value is -2.17. The number of carbonyl (C=O) groups excluding carboxylic acids is 1. The zero-order valence-corrected chi connectivity index (χ0v) is 7.05. The minimum Gasteiger partial charge on any atom is -0.460 e. The third-order valence-electron chi connectivity index (χ3n) is 1.25. The van der Waals surface area contributed by atoms with Crippen molar-refractivity contribution in [2.24, 2.45) is 10.3 Å². The van der Waals surface area contributed by atoms with Gasteiger partial charge in [-0.2, -0.15) is 5.12 Å². The zero-order chi connectivity index (χ0) is 9.84. The average Bonchev–Trinajstić information content (AvgIpc) is 2.53. The van der Waals surface area contributed by atoms with Crippen LogP contribution in [-0.4, -0.2) is 25.2 Å². The van der Waals surface area contributed by atoms with Crippen LogP contribution in [0, 0.1) is 5.39 Å². The summed E-state index contributed by atoms with van der Waals surface area (Å²) in [5.74, 6) is -0.754. The molecule has 0 spiro atoms. The number of rotatable bonds is 1. The van der Waals surface area contributed by atoms with Gasteiger partial charge in [-0.1, -0.05) is 0 Å². The van der Waals surface area contributed by atoms with E-state index in [1.165, 1.54) is 12.2 Å². The van der Waals surface area contributed by atoms with Gasteiger partial charge in [0.25, 0.3) is 5.82 Å². The number of carbonyl (C=O) groups is 1. The standard InChI is InChI=1S/C5H6N6O2/c1-11-9-4(8-10-11)3(7-6)5(12)13-2/h1-2H3/p+1. The molecule has 0 atom stereocenters. The first-order chi connectivity index (χ1) is 6.19. The predicted octanol–water partition coefficient (Wildman–Crippen LogP) is -0.00122. The normalized spacial score (nSPS) is 17.8. The van der Waals surface area contributed by atoms with Crippen molar-refractivity contribution in [2.75, 3.05) is 14.2 Å². The highest BCUT2D eigenvalue weighted by Gasteiger charge is 2.33. The number of hydrazine groups is 1. The third kappa shape index (κ3) is 1.70. The van der Waals surface area contributed by atoms with Crippen LogP contribution in [0.15, 0.2) is 21.9 Å². The van der Waals surface area contributed by atoms with E-state index in [0.29, 0.717) is 0 Å². The van der Waals surface area contributed by atoms with E-state index < -0.39 is 5.97 Å². The summed E-state index contributed by atoms with van der Waals surface area (Å²) >= 11 is 0. The first kappa shape index (κ1) is 8.92. The summed E-state index contributed by atoms with van der Waals surface area (Å²) < 4.78 is 4.34. The molecule has 0 fully saturated rings. The molecule has 0 aliphatic carbocycles. The van der Waals surface area contributed by atoms with Crippen molar-refractivity contribution in [1.29, 1.82) is 5.39 Å². The Labute approximate surface area is 73.4 Å². The monoisotopic (exact) mass is 183 g/mol. The van der Waals surface area contributed by atoms with Crippen molar-refractivity contribution in [3.8, 4) is 0 Å². The summed E-state index contributed by atoms with van der Waals surface area (Å²) in [7, 11) is 2.74. The van der Waals surface area contributed by atoms with Crippen LogP contribution in [0.2, 0.25) is 0 Å². The summed E-state index contributed by atoms with van der Waals surface area (Å²) in [5.41, 5.74) is 2.22. The van der Waals surface area contributed by atoms with Crippen LogP contribution in [0.1, 0.15) is 0 Å². The number of hydrogen-bond donors (Lipinski definition) is 1. The molecule has 0 radical (unpaired) electrons. The van der Waals surface area contributed by atoms with Gasteiger partial charge < -0.3 is 4.74 Å². The molecule has 0 saturated heterocycles. The Balaban J connectivity index is 2.96. The Morgan fingerprint density at radius 1 is 1.77 bits per heavy atom. The van der Waals surface area contributed by atoms with Crippen molar-refractivity contribution in [1.82, 2.24) is 10.5 Å². The van der Waals surface area contributed by atoms with E-state index in [1.54, 1.807) is 7.05 Å². The maximum atomic E-state index is 10.9. The molecule has 0 saturated carbocycles. The summed E-state index contributed by atoms with van der Waals surface area (Å²) in [6.45, 7) is 0. The maximum absolute atomic E-state index is 10.9. The van der Waals surface area contributed by atoms with Crippen LogP contribution >= 0.6 is 0 Å². The second-order valence-corrected chi connectivity index (χ2v) is 2.11. The van der Waals surface area contributed by atoms with Crippen molar-refractivity contribution in [3.05, 3.63) is 16.5 Å². The maximum Gasteiger partial charge on any atom is 0.513 e. The van der Waals surface area contributed by atoms with Crippen LogP contribution < -0.4 is 5.43 Å². The predicted molar refractivity (Wildman–Crippen MR) is 39.9 cm³/mol. The van der Waals surface area contributed by atoms with Crippen LogP contribution in [0.25, 0.3) is 4.98 Å². The minimum absolute atomic E-state index is 0.0388. The molecule has 0 unspecified atom stereocenters. The number of hydrogen-bond acceptors (Lipinski definition) is 7. The Morgan fingerprint density at radius 3 is 2.85 bits per heavy atom. The second-order valence-electron chi connectivity index (χ2n) is 2.11. The average molecular weight is 183 g/mol. The fourth-order valence-corrected chi connectivity index (χ4v) is 0.692. The number of nitrogens with zero attached hydrogens (tertiary/aromatic N) is 5. The molecule has 1 N–H and O–H groups in total. The highest BCUT2D eigenvalue weighted by Crippen LogP contribution is 2.12. The number of diazo groups is 1. The molecule has 1 aliphatic rings. The fourth-order valence-electron chi connectivity index (χ4n) is 0.692. The molecule has 1 aliphatic heterocycles. The fraction of sp³-hybridized carbons (Fsp3) is 0.400. The van der Waals surface area contributed by atoms with Crippen LogP contribution in [0.5, 0.6) is 0 Å². The van der Waals surface area contributed by atoms with Crippen LogP contribution in [-0.2, 0) is 9.53 Å². The Morgan fingerprint density at radius 2 is 2.46 bits per heavy atom. The van der Waals surface area contributed by atoms with Gasteiger partial charge >= 0.3 is 11.7 Å². The molecule has 0 aromatic carbocycles. The lowest BCUT2D eigenvalue weighted by Crippen LogP contribution is -2.24. The molecule has 1 rings (SSSR count). The van der Waals surface area contributed by atoms with Crippen molar-refractivity contribution in [3.63, 3.8) is 0 Å². The number of methoxy groups -OCH3 is 1. The van der Waals surface area contributed by atoms with Crippen LogP contribution in [0.3, 0.4) is 0 Å². The molecule has 13 heavy (non-hydrogen) atoms. The summed E-state index contributed by atoms with van der Waals surface area (Å²) in [6.07, 6.45) is 0. The Bertz CT molecular complexity index is 326. The lowest BCUT2D eigenvalue weighted by atomic mass is 10.4. The highest BCUT2D eigenvalue weighted by molar-refractivity contribution is 5.90. The molecule has 1 heterocycles. The number of esters is 1. The smallest absolute Gasteiger partial charge is 0.460 e. The van der Waals surface area contributed by atoms with Crippen molar-refractivity contribution < 1.29 is 9.53 Å². The second kappa shape index (κ2) is 3.48. The van der Waals surface area contributed by atoms with Gasteiger partial charge in [-0.15, -0.1) is 5.11 Å². The van der Waals surface area contributed by atoms with E-state index in [-0.39, 0.29) is 11.5 Å². The van der Waals surface area contributed by atoms with Gasteiger partial charge in [0.05, 0.1) is 7.11 Å². The topological polar surface area (TPSA) is 94.4 Å². The third-order valence-corrected chi connectivity index (χ3v) is 1.25. The lowest BCUT2D eigenvalue weighted by molar-refractivity contribution is -0.135. The summed E-state index contributed by atoms with van der Waals surface area (Å²) in [4.78, 5) is 13.7. The van der Waals surface area contributed by atoms with Gasteiger partial charge in [0, 0.05) is 7.05 Å². The first-order valence-electron chi connectivity index (χ1n) is 3.28. The van der Waals surface area contributed by atoms with Gasteiger partial charge in [-0.25, -0.2) is 4.79 Å². The SMILES string of the molecule is COC(=O)C([N+]#N)=C1N=NN(C)N1. The molecule has 0 bridgehead atoms. The number of ether oxygens (including phenoxy) is 1. The zero-order valence-electron chi connectivity index (χ0n) is 7.05. The molecule has 8 nitrogen and oxygen atoms in total. The Kier molecular flexibility index (Phi) is 2.39. The summed E-state index contributed by atoms with van der Waals surface area (Å²) in [6, 6.07) is 0. The molecule has 0 aromatic rings. The molecule has 68 valence electrons. The van der Waals surface area contributed by atoms with Gasteiger partial charge in [0.15, 0.2) is 4.98 Å². The van der Waals surface area contributed by atoms with E-state index in [0.717, 1.165) is 0 Å². The van der Waals surface area contributed by atoms with Crippen LogP contribution in [0.4, 0.5) is 0 Å². The van der Waals surface area contributed by atoms with E-state index in [4.69, 9.17) is 5.39 Å². The van der Waals surface area contributed by atoms with Crippen molar-refractivity contribution >= 4 is 5.97 Å². The van der Waals surface area contributed by atoms with E-state index in [9.17, 15) is 4.79 Å². The lowest BCUT2D eigenvalue weighted by Gasteiger charge is -2.01. The van der Waals surface area contributed by atoms with Gasteiger partial charge in [-0.05, 0) is 5.22 Å². The van der Waals surface area contributed by atoms with E-state index >= 15 is 0 Å². The molecule has 0 aromatic heterocycles. The van der Waals surface area contributed by atoms with Crippen molar-refractivity contribution in [2.45, 2.75) is 0 Å².